The van der Waals surface area contributed by atoms with Gasteiger partial charge >= 0.3 is 0 Å². The number of fused-ring (bicyclic) bond motifs is 1. The average molecular weight is 257 g/mol. The lowest BCUT2D eigenvalue weighted by atomic mass is 9.92. The first kappa shape index (κ1) is 12.0. The Labute approximate surface area is 112 Å². The number of halogens is 1. The highest BCUT2D eigenvalue weighted by Gasteiger charge is 2.33. The van der Waals surface area contributed by atoms with E-state index in [1.807, 2.05) is 12.3 Å². The van der Waals surface area contributed by atoms with Crippen molar-refractivity contribution in [2.24, 2.45) is 0 Å². The van der Waals surface area contributed by atoms with Crippen molar-refractivity contribution in [1.82, 2.24) is 0 Å². The van der Waals surface area contributed by atoms with Crippen LogP contribution in [-0.4, -0.2) is 11.1 Å². The Hall–Kier alpha value is -2.03. The number of aliphatic hydroxyl groups excluding tert-OH is 1. The standard InChI is InChI=1S/C16H16FNO/c1-9-6-16-13(7-15(9)17)10(2)14(11(3)19)8-18(16)12-4-5-12/h6-8,12,19H,2-5H2,1H3. The van der Waals surface area contributed by atoms with Crippen molar-refractivity contribution in [2.75, 3.05) is 4.90 Å². The second-order valence-corrected chi connectivity index (χ2v) is 5.23. The summed E-state index contributed by atoms with van der Waals surface area (Å²) < 4.78 is 13.8. The fourth-order valence-corrected chi connectivity index (χ4v) is 2.46. The van der Waals surface area contributed by atoms with E-state index in [1.54, 1.807) is 6.92 Å². The van der Waals surface area contributed by atoms with Gasteiger partial charge in [-0.2, -0.15) is 0 Å². The van der Waals surface area contributed by atoms with Crippen molar-refractivity contribution in [1.29, 1.82) is 0 Å². The predicted molar refractivity (Wildman–Crippen MR) is 75.5 cm³/mol. The first-order valence-electron chi connectivity index (χ1n) is 6.37. The van der Waals surface area contributed by atoms with Gasteiger partial charge in [-0.1, -0.05) is 13.2 Å². The van der Waals surface area contributed by atoms with Crippen LogP contribution in [0.25, 0.3) is 5.57 Å². The van der Waals surface area contributed by atoms with Crippen LogP contribution in [0.1, 0.15) is 24.0 Å². The van der Waals surface area contributed by atoms with Crippen LogP contribution in [0.4, 0.5) is 10.1 Å². The van der Waals surface area contributed by atoms with E-state index >= 15 is 0 Å². The lowest BCUT2D eigenvalue weighted by Crippen LogP contribution is -2.24. The molecule has 0 atom stereocenters. The number of aliphatic hydroxyl groups is 1. The highest BCUT2D eigenvalue weighted by Crippen LogP contribution is 2.43. The molecule has 1 aromatic rings. The van der Waals surface area contributed by atoms with E-state index in [0.29, 0.717) is 22.8 Å². The molecule has 0 amide bonds. The highest BCUT2D eigenvalue weighted by molar-refractivity contribution is 5.91. The van der Waals surface area contributed by atoms with E-state index in [1.165, 1.54) is 6.07 Å². The van der Waals surface area contributed by atoms with E-state index in [4.69, 9.17) is 0 Å². The number of aryl methyl sites for hydroxylation is 1. The van der Waals surface area contributed by atoms with Gasteiger partial charge < -0.3 is 10.0 Å². The molecule has 0 saturated heterocycles. The van der Waals surface area contributed by atoms with Gasteiger partial charge in [0.2, 0.25) is 0 Å². The number of allylic oxidation sites excluding steroid dienone is 1. The zero-order valence-electron chi connectivity index (χ0n) is 10.9. The van der Waals surface area contributed by atoms with E-state index < -0.39 is 0 Å². The number of hydrogen-bond donors (Lipinski definition) is 1. The van der Waals surface area contributed by atoms with Gasteiger partial charge in [-0.25, -0.2) is 4.39 Å². The summed E-state index contributed by atoms with van der Waals surface area (Å²) >= 11 is 0. The van der Waals surface area contributed by atoms with E-state index in [9.17, 15) is 9.50 Å². The molecule has 1 fully saturated rings. The molecule has 2 nitrogen and oxygen atoms in total. The van der Waals surface area contributed by atoms with Crippen LogP contribution in [0.3, 0.4) is 0 Å². The number of anilines is 1. The van der Waals surface area contributed by atoms with Crippen molar-refractivity contribution < 1.29 is 9.50 Å². The van der Waals surface area contributed by atoms with E-state index in [-0.39, 0.29) is 11.6 Å². The van der Waals surface area contributed by atoms with E-state index in [0.717, 1.165) is 24.1 Å². The second-order valence-electron chi connectivity index (χ2n) is 5.23. The number of rotatable bonds is 2. The Balaban J connectivity index is 2.19. The smallest absolute Gasteiger partial charge is 0.126 e. The van der Waals surface area contributed by atoms with Crippen molar-refractivity contribution in [3.63, 3.8) is 0 Å². The fraction of sp³-hybridized carbons (Fsp3) is 0.250. The van der Waals surface area contributed by atoms with Crippen LogP contribution >= 0.6 is 0 Å². The summed E-state index contributed by atoms with van der Waals surface area (Å²) in [4.78, 5) is 2.10. The molecule has 3 rings (SSSR count). The topological polar surface area (TPSA) is 23.5 Å². The summed E-state index contributed by atoms with van der Waals surface area (Å²) in [7, 11) is 0. The van der Waals surface area contributed by atoms with Gasteiger partial charge in [0, 0.05) is 29.1 Å². The minimum Gasteiger partial charge on any atom is -0.508 e. The SMILES string of the molecule is C=C(O)C1=CN(C2CC2)c2cc(C)c(F)cc2C1=C. The molecule has 0 unspecified atom stereocenters. The third-order valence-electron chi connectivity index (χ3n) is 3.72. The Morgan fingerprint density at radius 2 is 2.11 bits per heavy atom. The number of hydrogen-bond acceptors (Lipinski definition) is 2. The first-order valence-corrected chi connectivity index (χ1v) is 6.37. The minimum absolute atomic E-state index is 0.0257. The molecule has 3 heteroatoms. The van der Waals surface area contributed by atoms with Crippen LogP contribution in [0.2, 0.25) is 0 Å². The van der Waals surface area contributed by atoms with Crippen LogP contribution in [0, 0.1) is 12.7 Å². The van der Waals surface area contributed by atoms with Gasteiger partial charge in [-0.05, 0) is 43.0 Å². The number of benzene rings is 1. The van der Waals surface area contributed by atoms with E-state index in [2.05, 4.69) is 18.1 Å². The molecule has 0 radical (unpaired) electrons. The van der Waals surface area contributed by atoms with Gasteiger partial charge in [-0.15, -0.1) is 0 Å². The molecule has 1 aromatic carbocycles. The number of nitrogens with zero attached hydrogens (tertiary/aromatic N) is 1. The first-order chi connectivity index (χ1) is 8.99. The summed E-state index contributed by atoms with van der Waals surface area (Å²) in [6.07, 6.45) is 4.11. The third kappa shape index (κ3) is 1.86. The summed E-state index contributed by atoms with van der Waals surface area (Å²) in [6, 6.07) is 3.78. The van der Waals surface area contributed by atoms with Crippen molar-refractivity contribution in [3.8, 4) is 0 Å². The molecule has 0 aromatic heterocycles. The van der Waals surface area contributed by atoms with Crippen molar-refractivity contribution in [2.45, 2.75) is 25.8 Å². The van der Waals surface area contributed by atoms with Crippen LogP contribution in [-0.2, 0) is 0 Å². The Kier molecular flexibility index (Phi) is 2.52. The zero-order valence-corrected chi connectivity index (χ0v) is 10.9. The molecule has 2 aliphatic rings. The third-order valence-corrected chi connectivity index (χ3v) is 3.72. The van der Waals surface area contributed by atoms with Crippen molar-refractivity contribution in [3.05, 3.63) is 59.8 Å². The fourth-order valence-electron chi connectivity index (χ4n) is 2.46. The molecular formula is C16H16FNO. The summed E-state index contributed by atoms with van der Waals surface area (Å²) in [6.45, 7) is 9.28. The van der Waals surface area contributed by atoms with Gasteiger partial charge in [0.15, 0.2) is 0 Å². The molecule has 1 heterocycles. The quantitative estimate of drug-likeness (QED) is 0.807. The maximum absolute atomic E-state index is 13.8. The molecule has 1 aliphatic carbocycles. The zero-order chi connectivity index (χ0) is 13.7. The monoisotopic (exact) mass is 257 g/mol. The highest BCUT2D eigenvalue weighted by atomic mass is 19.1. The van der Waals surface area contributed by atoms with Gasteiger partial charge in [0.05, 0.1) is 0 Å². The Morgan fingerprint density at radius 3 is 2.68 bits per heavy atom. The molecule has 19 heavy (non-hydrogen) atoms. The van der Waals surface area contributed by atoms with Crippen LogP contribution in [0.5, 0.6) is 0 Å². The van der Waals surface area contributed by atoms with Gasteiger partial charge in [0.1, 0.15) is 11.6 Å². The van der Waals surface area contributed by atoms with Gasteiger partial charge in [-0.3, -0.25) is 0 Å². The normalized spacial score (nSPS) is 18.1. The summed E-state index contributed by atoms with van der Waals surface area (Å²) in [5, 5.41) is 9.67. The largest absolute Gasteiger partial charge is 0.508 e. The minimum atomic E-state index is -0.250. The molecule has 98 valence electrons. The average Bonchev–Trinajstić information content (AvgIpc) is 3.16. The van der Waals surface area contributed by atoms with Crippen molar-refractivity contribution >= 4 is 11.3 Å². The van der Waals surface area contributed by atoms with Crippen LogP contribution < -0.4 is 4.90 Å². The van der Waals surface area contributed by atoms with Crippen LogP contribution in [0.15, 0.2) is 42.8 Å². The lowest BCUT2D eigenvalue weighted by molar-refractivity contribution is 0.429. The maximum Gasteiger partial charge on any atom is 0.126 e. The molecule has 0 spiro atoms. The maximum atomic E-state index is 13.8. The Morgan fingerprint density at radius 1 is 1.42 bits per heavy atom. The molecule has 0 bridgehead atoms. The predicted octanol–water partition coefficient (Wildman–Crippen LogP) is 4.09. The van der Waals surface area contributed by atoms with Gasteiger partial charge in [0.25, 0.3) is 0 Å². The summed E-state index contributed by atoms with van der Waals surface area (Å²) in [5.41, 5.74) is 3.54. The lowest BCUT2D eigenvalue weighted by Gasteiger charge is -2.31. The molecule has 1 N–H and O–H groups in total. The summed E-state index contributed by atoms with van der Waals surface area (Å²) in [5.74, 6) is -0.275. The second kappa shape index (κ2) is 3.98. The molecule has 1 aliphatic heterocycles. The molecular weight excluding hydrogens is 241 g/mol. The Bertz CT molecular complexity index is 626. The molecule has 1 saturated carbocycles.